The van der Waals surface area contributed by atoms with Crippen LogP contribution in [0, 0.1) is 6.57 Å². The number of aromatic nitrogens is 8. The number of ether oxygens (including phenoxy) is 2. The van der Waals surface area contributed by atoms with Crippen LogP contribution in [-0.2, 0) is 22.6 Å². The van der Waals surface area contributed by atoms with E-state index in [4.69, 9.17) is 27.6 Å². The van der Waals surface area contributed by atoms with Gasteiger partial charge >= 0.3 is 12.2 Å². The highest BCUT2D eigenvalue weighted by atomic mass is 35.5. The molecule has 0 fully saturated rings. The molecule has 1 aromatic carbocycles. The first-order valence-corrected chi connectivity index (χ1v) is 18.2. The minimum absolute atomic E-state index is 0.239. The molecule has 16 heteroatoms. The van der Waals surface area contributed by atoms with E-state index < -0.39 is 23.4 Å². The van der Waals surface area contributed by atoms with E-state index in [0.717, 1.165) is 16.7 Å². The van der Waals surface area contributed by atoms with Gasteiger partial charge in [-0.1, -0.05) is 41.9 Å². The maximum Gasteiger partial charge on any atom is 0.416 e. The zero-order valence-corrected chi connectivity index (χ0v) is 33.0. The van der Waals surface area contributed by atoms with Crippen LogP contribution in [0.15, 0.2) is 110 Å². The molecule has 7 rings (SSSR count). The summed E-state index contributed by atoms with van der Waals surface area (Å²) >= 11 is 6.12. The molecule has 0 unspecified atom stereocenters. The Kier molecular flexibility index (Phi) is 11.7. The van der Waals surface area contributed by atoms with Gasteiger partial charge in [0.25, 0.3) is 0 Å². The molecule has 0 saturated heterocycles. The maximum absolute atomic E-state index is 13.3. The van der Waals surface area contributed by atoms with Crippen molar-refractivity contribution in [2.45, 2.75) is 65.8 Å². The van der Waals surface area contributed by atoms with Gasteiger partial charge in [0, 0.05) is 49.1 Å². The third kappa shape index (κ3) is 10.2. The molecule has 7 aromatic rings. The number of carbonyl (C=O) groups excluding carboxylic acids is 2. The Bertz CT molecular complexity index is 2540. The average Bonchev–Trinajstić information content (AvgIpc) is 3.85. The fraction of sp³-hybridized carbons (Fsp3) is 0.244. The molecule has 0 bridgehead atoms. The summed E-state index contributed by atoms with van der Waals surface area (Å²) in [5, 5.41) is 8.87. The zero-order valence-electron chi connectivity index (χ0n) is 32.2. The molecular weight excluding hydrogens is 746 g/mol. The zero-order chi connectivity index (χ0) is 40.7. The van der Waals surface area contributed by atoms with E-state index in [9.17, 15) is 9.59 Å². The minimum atomic E-state index is -0.673. The molecule has 0 aliphatic rings. The lowest BCUT2D eigenvalue weighted by Crippen LogP contribution is -2.37. The second-order valence-corrected chi connectivity index (χ2v) is 15.0. The second-order valence-electron chi connectivity index (χ2n) is 14.7. The van der Waals surface area contributed by atoms with E-state index in [1.165, 1.54) is 9.80 Å². The molecule has 0 aliphatic heterocycles. The van der Waals surface area contributed by atoms with E-state index >= 15 is 0 Å². The predicted molar refractivity (Wildman–Crippen MR) is 216 cm³/mol. The van der Waals surface area contributed by atoms with Crippen molar-refractivity contribution in [3.8, 4) is 11.3 Å². The van der Waals surface area contributed by atoms with Crippen molar-refractivity contribution in [3.05, 3.63) is 138 Å². The van der Waals surface area contributed by atoms with E-state index in [-0.39, 0.29) is 18.2 Å². The molecule has 0 atom stereocenters. The summed E-state index contributed by atoms with van der Waals surface area (Å²) in [4.78, 5) is 49.7. The molecule has 6 heterocycles. The lowest BCUT2D eigenvalue weighted by molar-refractivity contribution is 0.0564. The first-order valence-electron chi connectivity index (χ1n) is 17.8. The van der Waals surface area contributed by atoms with E-state index in [2.05, 4.69) is 35.0 Å². The van der Waals surface area contributed by atoms with Gasteiger partial charge in [-0.2, -0.15) is 19.2 Å². The summed E-state index contributed by atoms with van der Waals surface area (Å²) in [5.74, 6) is 0.972. The summed E-state index contributed by atoms with van der Waals surface area (Å²) in [6.07, 6.45) is 8.97. The topological polar surface area (TPSA) is 150 Å². The van der Waals surface area contributed by atoms with Crippen LogP contribution in [0.3, 0.4) is 0 Å². The molecule has 0 saturated carbocycles. The molecule has 0 radical (unpaired) electrons. The summed E-state index contributed by atoms with van der Waals surface area (Å²) in [6.45, 7) is 18.7. The first kappa shape index (κ1) is 39.8. The monoisotopic (exact) mass is 785 g/mol. The largest absolute Gasteiger partial charge is 0.443 e. The SMILES string of the molecule is CC(C)(C)OC(=O)N(Cc1cccnc1)c1cc(Cl)nc2ccnn12.[C-]#[N+]c1cccc(-c2cc(N(Cc3cccnc3)C(=O)OC(C)(C)C)n3nccc3n2)c1. The number of carbonyl (C=O) groups is 2. The number of amides is 2. The van der Waals surface area contributed by atoms with Crippen LogP contribution in [0.4, 0.5) is 26.9 Å². The van der Waals surface area contributed by atoms with Crippen molar-refractivity contribution in [2.75, 3.05) is 9.80 Å². The number of pyridine rings is 2. The molecule has 6 aromatic heterocycles. The number of benzene rings is 1. The molecule has 2 amide bonds. The third-order valence-corrected chi connectivity index (χ3v) is 8.02. The Morgan fingerprint density at radius 2 is 1.23 bits per heavy atom. The van der Waals surface area contributed by atoms with Crippen molar-refractivity contribution in [2.24, 2.45) is 0 Å². The van der Waals surface area contributed by atoms with Crippen LogP contribution >= 0.6 is 11.6 Å². The Hall–Kier alpha value is -6.92. The van der Waals surface area contributed by atoms with Gasteiger partial charge in [0.1, 0.15) is 28.0 Å². The normalized spacial score (nSPS) is 11.3. The van der Waals surface area contributed by atoms with E-state index in [1.807, 2.05) is 77.9 Å². The van der Waals surface area contributed by atoms with Gasteiger partial charge in [-0.25, -0.2) is 24.4 Å². The van der Waals surface area contributed by atoms with Crippen molar-refractivity contribution < 1.29 is 19.1 Å². The van der Waals surface area contributed by atoms with Crippen molar-refractivity contribution in [3.63, 3.8) is 0 Å². The standard InChI is InChI=1S/C24H22N6O2.C17H18ClN5O2/c1-24(2,3)32-23(31)29(16-17-7-6-11-26-15-17)22-14-20(28-21-10-12-27-30(21)22)18-8-5-9-19(13-18)25-4;1-17(2,3)25-16(24)22(11-12-5-4-7-19-10-12)15-9-13(18)21-14-6-8-20-23(14)15/h5-15H,16H2,1-3H3;4-10H,11H2,1-3H3. The number of hydrogen-bond donors (Lipinski definition) is 0. The second kappa shape index (κ2) is 16.8. The Labute approximate surface area is 334 Å². The van der Waals surface area contributed by atoms with E-state index in [0.29, 0.717) is 34.3 Å². The third-order valence-electron chi connectivity index (χ3n) is 7.83. The summed E-state index contributed by atoms with van der Waals surface area (Å²) in [6, 6.07) is 21.5. The number of nitrogens with zero attached hydrogens (tertiary/aromatic N) is 11. The van der Waals surface area contributed by atoms with Crippen molar-refractivity contribution >= 4 is 52.4 Å². The van der Waals surface area contributed by atoms with Crippen LogP contribution in [0.1, 0.15) is 52.7 Å². The predicted octanol–water partition coefficient (Wildman–Crippen LogP) is 9.00. The van der Waals surface area contributed by atoms with Gasteiger partial charge < -0.3 is 9.47 Å². The fourth-order valence-electron chi connectivity index (χ4n) is 5.49. The first-order chi connectivity index (χ1) is 27.2. The molecule has 290 valence electrons. The number of rotatable bonds is 7. The van der Waals surface area contributed by atoms with Gasteiger partial charge in [-0.3, -0.25) is 19.8 Å². The van der Waals surface area contributed by atoms with Crippen molar-refractivity contribution in [1.82, 2.24) is 39.2 Å². The number of hydrogen-bond acceptors (Lipinski definition) is 10. The Morgan fingerprint density at radius 3 is 1.72 bits per heavy atom. The van der Waals surface area contributed by atoms with Gasteiger partial charge in [0.05, 0.1) is 37.7 Å². The lowest BCUT2D eigenvalue weighted by Gasteiger charge is -2.28. The highest BCUT2D eigenvalue weighted by molar-refractivity contribution is 6.29. The van der Waals surface area contributed by atoms with Gasteiger partial charge in [-0.15, -0.1) is 0 Å². The summed E-state index contributed by atoms with van der Waals surface area (Å²) in [5.41, 5.74) is 3.41. The molecular formula is C41H40ClN11O4. The minimum Gasteiger partial charge on any atom is -0.443 e. The molecule has 0 aliphatic carbocycles. The average molecular weight is 786 g/mol. The number of anilines is 2. The molecule has 15 nitrogen and oxygen atoms in total. The fourth-order valence-corrected chi connectivity index (χ4v) is 5.68. The summed E-state index contributed by atoms with van der Waals surface area (Å²) < 4.78 is 14.4. The smallest absolute Gasteiger partial charge is 0.416 e. The highest BCUT2D eigenvalue weighted by Gasteiger charge is 2.28. The van der Waals surface area contributed by atoms with Crippen LogP contribution in [0.5, 0.6) is 0 Å². The Balaban J connectivity index is 0.000000199. The molecule has 0 spiro atoms. The van der Waals surface area contributed by atoms with Crippen LogP contribution < -0.4 is 9.80 Å². The van der Waals surface area contributed by atoms with Crippen LogP contribution in [-0.4, -0.2) is 62.6 Å². The van der Waals surface area contributed by atoms with E-state index in [1.54, 1.807) is 82.6 Å². The van der Waals surface area contributed by atoms with Gasteiger partial charge in [-0.05, 0) is 76.4 Å². The lowest BCUT2D eigenvalue weighted by atomic mass is 10.1. The van der Waals surface area contributed by atoms with Crippen LogP contribution in [0.25, 0.3) is 27.4 Å². The van der Waals surface area contributed by atoms with Gasteiger partial charge in [0.15, 0.2) is 17.0 Å². The molecule has 57 heavy (non-hydrogen) atoms. The molecule has 0 N–H and O–H groups in total. The van der Waals surface area contributed by atoms with Crippen molar-refractivity contribution in [1.29, 1.82) is 0 Å². The number of fused-ring (bicyclic) bond motifs is 2. The maximum atomic E-state index is 13.3. The van der Waals surface area contributed by atoms with Crippen LogP contribution in [0.2, 0.25) is 5.15 Å². The Morgan fingerprint density at radius 1 is 0.702 bits per heavy atom. The highest BCUT2D eigenvalue weighted by Crippen LogP contribution is 2.29. The quantitative estimate of drug-likeness (QED) is 0.113. The van der Waals surface area contributed by atoms with Gasteiger partial charge in [0.2, 0.25) is 0 Å². The summed E-state index contributed by atoms with van der Waals surface area (Å²) in [7, 11) is 0. The number of halogens is 1.